The van der Waals surface area contributed by atoms with Crippen LogP contribution in [0.25, 0.3) is 11.5 Å². The van der Waals surface area contributed by atoms with Gasteiger partial charge in [-0.3, -0.25) is 4.90 Å². The molecule has 1 N–H and O–H groups in total. The zero-order valence-corrected chi connectivity index (χ0v) is 18.9. The number of aromatic nitrogens is 2. The van der Waals surface area contributed by atoms with Crippen molar-refractivity contribution in [3.05, 3.63) is 66.1 Å². The number of para-hydroxylation sites is 1. The second-order valence-corrected chi connectivity index (χ2v) is 8.43. The molecule has 10 heteroatoms. The number of hydrogen-bond donors (Lipinski definition) is 1. The van der Waals surface area contributed by atoms with Crippen molar-refractivity contribution >= 4 is 5.69 Å². The third kappa shape index (κ3) is 5.94. The van der Waals surface area contributed by atoms with Crippen LogP contribution in [-0.4, -0.2) is 71.2 Å². The van der Waals surface area contributed by atoms with E-state index in [0.717, 1.165) is 43.9 Å². The number of rotatable bonds is 7. The van der Waals surface area contributed by atoms with E-state index in [2.05, 4.69) is 27.0 Å². The van der Waals surface area contributed by atoms with E-state index in [-0.39, 0.29) is 5.89 Å². The zero-order chi connectivity index (χ0) is 24.1. The van der Waals surface area contributed by atoms with Crippen LogP contribution in [0.1, 0.15) is 17.9 Å². The summed E-state index contributed by atoms with van der Waals surface area (Å²) in [5, 5.41) is 17.8. The average molecular weight is 476 g/mol. The number of hydrogen-bond acceptors (Lipinski definition) is 7. The van der Waals surface area contributed by atoms with Crippen molar-refractivity contribution < 1.29 is 22.7 Å². The van der Waals surface area contributed by atoms with Gasteiger partial charge in [-0.2, -0.15) is 13.2 Å². The highest BCUT2D eigenvalue weighted by Gasteiger charge is 2.38. The van der Waals surface area contributed by atoms with Crippen molar-refractivity contribution in [1.29, 1.82) is 0 Å². The van der Waals surface area contributed by atoms with Crippen LogP contribution in [0.4, 0.5) is 18.9 Å². The first-order chi connectivity index (χ1) is 16.3. The Kier molecular flexibility index (Phi) is 7.50. The van der Waals surface area contributed by atoms with Gasteiger partial charge < -0.3 is 19.3 Å². The molecule has 1 aliphatic heterocycles. The van der Waals surface area contributed by atoms with Crippen LogP contribution in [0.5, 0.6) is 0 Å². The standard InChI is InChI=1S/C24H28F3N5O2/c1-30-13-5-14-31(17-16-30)23(33)32(20-6-3-2-4-7-20)15-12-18-8-10-19(11-9-18)21-28-29-22(34-21)24(25,26)27/h2-4,6-11,23,33H,5,12-17H2,1H3. The monoisotopic (exact) mass is 475 g/mol. The lowest BCUT2D eigenvalue weighted by Crippen LogP contribution is -2.50. The van der Waals surface area contributed by atoms with Crippen LogP contribution in [0.3, 0.4) is 0 Å². The van der Waals surface area contributed by atoms with Crippen molar-refractivity contribution in [1.82, 2.24) is 20.0 Å². The summed E-state index contributed by atoms with van der Waals surface area (Å²) in [6.07, 6.45) is -3.80. The number of anilines is 1. The molecule has 0 radical (unpaired) electrons. The summed E-state index contributed by atoms with van der Waals surface area (Å²) in [5.74, 6) is -1.54. The zero-order valence-electron chi connectivity index (χ0n) is 18.9. The predicted octanol–water partition coefficient (Wildman–Crippen LogP) is 3.72. The van der Waals surface area contributed by atoms with Crippen LogP contribution < -0.4 is 4.90 Å². The fourth-order valence-corrected chi connectivity index (χ4v) is 4.01. The normalized spacial score (nSPS) is 16.9. The van der Waals surface area contributed by atoms with E-state index in [9.17, 15) is 18.3 Å². The molecule has 1 unspecified atom stereocenters. The lowest BCUT2D eigenvalue weighted by molar-refractivity contribution is -0.156. The van der Waals surface area contributed by atoms with Gasteiger partial charge >= 0.3 is 12.1 Å². The highest BCUT2D eigenvalue weighted by atomic mass is 19.4. The molecule has 0 spiro atoms. The smallest absolute Gasteiger partial charge is 0.413 e. The molecule has 0 bridgehead atoms. The number of nitrogens with zero attached hydrogens (tertiary/aromatic N) is 5. The highest BCUT2D eigenvalue weighted by molar-refractivity contribution is 5.53. The van der Waals surface area contributed by atoms with Crippen molar-refractivity contribution in [3.63, 3.8) is 0 Å². The summed E-state index contributed by atoms with van der Waals surface area (Å²) in [7, 11) is 2.09. The van der Waals surface area contributed by atoms with E-state index in [4.69, 9.17) is 4.42 Å². The fraction of sp³-hybridized carbons (Fsp3) is 0.417. The van der Waals surface area contributed by atoms with Crippen LogP contribution in [-0.2, 0) is 12.6 Å². The van der Waals surface area contributed by atoms with Gasteiger partial charge in [0.05, 0.1) is 0 Å². The summed E-state index contributed by atoms with van der Waals surface area (Å²) >= 11 is 0. The molecule has 2 heterocycles. The summed E-state index contributed by atoms with van der Waals surface area (Å²) in [6, 6.07) is 16.8. The molecule has 3 aromatic rings. The summed E-state index contributed by atoms with van der Waals surface area (Å²) < 4.78 is 42.9. The maximum absolute atomic E-state index is 12.7. The molecule has 1 saturated heterocycles. The molecule has 7 nitrogen and oxygen atoms in total. The van der Waals surface area contributed by atoms with E-state index in [1.807, 2.05) is 47.4 Å². The maximum atomic E-state index is 12.7. The van der Waals surface area contributed by atoms with Gasteiger partial charge in [-0.05, 0) is 56.3 Å². The number of alkyl halides is 3. The van der Waals surface area contributed by atoms with Gasteiger partial charge in [0.25, 0.3) is 0 Å². The molecule has 4 rings (SSSR count). The predicted molar refractivity (Wildman–Crippen MR) is 122 cm³/mol. The van der Waals surface area contributed by atoms with Gasteiger partial charge in [0.1, 0.15) is 0 Å². The van der Waals surface area contributed by atoms with E-state index in [0.29, 0.717) is 18.5 Å². The van der Waals surface area contributed by atoms with Gasteiger partial charge in [0.2, 0.25) is 5.89 Å². The van der Waals surface area contributed by atoms with Crippen molar-refractivity contribution in [3.8, 4) is 11.5 Å². The summed E-state index contributed by atoms with van der Waals surface area (Å²) in [6.45, 7) is 4.06. The minimum atomic E-state index is -4.67. The van der Waals surface area contributed by atoms with Gasteiger partial charge in [0.15, 0.2) is 6.35 Å². The van der Waals surface area contributed by atoms with Crippen molar-refractivity contribution in [2.75, 3.05) is 44.7 Å². The van der Waals surface area contributed by atoms with Crippen LogP contribution in [0, 0.1) is 0 Å². The Bertz CT molecular complexity index is 1040. The topological polar surface area (TPSA) is 68.9 Å². The fourth-order valence-electron chi connectivity index (χ4n) is 4.01. The Morgan fingerprint density at radius 3 is 2.41 bits per heavy atom. The lowest BCUT2D eigenvalue weighted by atomic mass is 10.1. The Morgan fingerprint density at radius 2 is 1.74 bits per heavy atom. The Morgan fingerprint density at radius 1 is 1.00 bits per heavy atom. The SMILES string of the molecule is CN1CCCN(C(O)N(CCc2ccc(-c3nnc(C(F)(F)F)o3)cc2)c2ccccc2)CC1. The third-order valence-corrected chi connectivity index (χ3v) is 5.96. The number of likely N-dealkylation sites (N-methyl/N-ethyl adjacent to an activating group) is 1. The van der Waals surface area contributed by atoms with E-state index >= 15 is 0 Å². The molecule has 182 valence electrons. The first-order valence-corrected chi connectivity index (χ1v) is 11.2. The Balaban J connectivity index is 1.45. The molecular formula is C24H28F3N5O2. The van der Waals surface area contributed by atoms with Gasteiger partial charge in [-0.1, -0.05) is 30.3 Å². The molecule has 1 aromatic heterocycles. The van der Waals surface area contributed by atoms with Gasteiger partial charge in [0, 0.05) is 37.4 Å². The Hall–Kier alpha value is -2.95. The van der Waals surface area contributed by atoms with E-state index in [1.165, 1.54) is 0 Å². The van der Waals surface area contributed by atoms with Crippen molar-refractivity contribution in [2.45, 2.75) is 25.4 Å². The highest BCUT2D eigenvalue weighted by Crippen LogP contribution is 2.30. The molecular weight excluding hydrogens is 447 g/mol. The lowest BCUT2D eigenvalue weighted by Gasteiger charge is -2.37. The quantitative estimate of drug-likeness (QED) is 0.523. The first kappa shape index (κ1) is 24.2. The first-order valence-electron chi connectivity index (χ1n) is 11.2. The number of aliphatic hydroxyl groups excluding tert-OH is 1. The molecule has 0 saturated carbocycles. The molecule has 0 amide bonds. The van der Waals surface area contributed by atoms with Gasteiger partial charge in [-0.25, -0.2) is 0 Å². The molecule has 0 aliphatic carbocycles. The summed E-state index contributed by atoms with van der Waals surface area (Å²) in [4.78, 5) is 6.34. The average Bonchev–Trinajstić information content (AvgIpc) is 3.24. The van der Waals surface area contributed by atoms with E-state index in [1.54, 1.807) is 12.1 Å². The number of aliphatic hydroxyl groups is 1. The van der Waals surface area contributed by atoms with Crippen molar-refractivity contribution in [2.24, 2.45) is 0 Å². The number of halogens is 3. The largest absolute Gasteiger partial charge is 0.470 e. The summed E-state index contributed by atoms with van der Waals surface area (Å²) in [5.41, 5.74) is 2.32. The second-order valence-electron chi connectivity index (χ2n) is 8.43. The molecule has 34 heavy (non-hydrogen) atoms. The maximum Gasteiger partial charge on any atom is 0.470 e. The molecule has 2 aromatic carbocycles. The minimum absolute atomic E-state index is 0.175. The Labute approximate surface area is 196 Å². The molecule has 1 atom stereocenters. The number of benzene rings is 2. The van der Waals surface area contributed by atoms with Gasteiger partial charge in [-0.15, -0.1) is 10.2 Å². The van der Waals surface area contributed by atoms with Crippen LogP contribution in [0.15, 0.2) is 59.0 Å². The molecule has 1 fully saturated rings. The van der Waals surface area contributed by atoms with Crippen LogP contribution in [0.2, 0.25) is 0 Å². The van der Waals surface area contributed by atoms with E-state index < -0.39 is 18.4 Å². The minimum Gasteiger partial charge on any atom is -0.413 e. The molecule has 1 aliphatic rings. The van der Waals surface area contributed by atoms with Crippen LogP contribution >= 0.6 is 0 Å². The third-order valence-electron chi connectivity index (χ3n) is 5.96. The second kappa shape index (κ2) is 10.5.